The minimum absolute atomic E-state index is 0.155. The molecule has 0 atom stereocenters. The highest BCUT2D eigenvalue weighted by atomic mass is 32.2. The molecule has 3 heterocycles. The molecule has 3 aromatic heterocycles. The number of fused-ring (bicyclic) bond motifs is 1. The van der Waals surface area contributed by atoms with Gasteiger partial charge in [0.05, 0.1) is 27.8 Å². The molecule has 0 aliphatic rings. The molecule has 0 aliphatic heterocycles. The number of hydrogen-bond donors (Lipinski definition) is 1. The molecule has 0 unspecified atom stereocenters. The van der Waals surface area contributed by atoms with Crippen LogP contribution in [-0.4, -0.2) is 26.8 Å². The minimum atomic E-state index is -0.155. The fraction of sp³-hybridized carbons (Fsp3) is 0.130. The number of nitrogens with one attached hydrogen (secondary N) is 1. The molecular formula is C23H18N4O3S2. The Labute approximate surface area is 191 Å². The van der Waals surface area contributed by atoms with Crippen molar-refractivity contribution in [3.8, 4) is 22.0 Å². The SMILES string of the molecule is Cc1ccc2nc(-c3ccc(NC(=O)CSc4nnc(-c5ccoc5C)o4)cc3)sc2c1. The number of carbonyl (C=O) groups is 1. The number of hydrogen-bond acceptors (Lipinski definition) is 8. The predicted molar refractivity (Wildman–Crippen MR) is 126 cm³/mol. The van der Waals surface area contributed by atoms with Gasteiger partial charge in [-0.2, -0.15) is 0 Å². The van der Waals surface area contributed by atoms with Gasteiger partial charge in [-0.05, 0) is 61.9 Å². The van der Waals surface area contributed by atoms with Crippen LogP contribution in [0.5, 0.6) is 0 Å². The maximum absolute atomic E-state index is 12.3. The summed E-state index contributed by atoms with van der Waals surface area (Å²) in [5, 5.41) is 12.2. The maximum Gasteiger partial charge on any atom is 0.277 e. The Hall–Kier alpha value is -3.43. The summed E-state index contributed by atoms with van der Waals surface area (Å²) in [4.78, 5) is 17.0. The third kappa shape index (κ3) is 4.30. The van der Waals surface area contributed by atoms with Crippen molar-refractivity contribution in [1.82, 2.24) is 15.2 Å². The summed E-state index contributed by atoms with van der Waals surface area (Å²) in [6, 6.07) is 15.7. The van der Waals surface area contributed by atoms with E-state index in [9.17, 15) is 4.79 Å². The number of aryl methyl sites for hydroxylation is 2. The molecule has 0 fully saturated rings. The summed E-state index contributed by atoms with van der Waals surface area (Å²) in [6.45, 7) is 3.90. The van der Waals surface area contributed by atoms with Crippen LogP contribution in [0, 0.1) is 13.8 Å². The number of aromatic nitrogens is 3. The van der Waals surface area contributed by atoms with E-state index in [4.69, 9.17) is 13.8 Å². The second kappa shape index (κ2) is 8.60. The zero-order valence-corrected chi connectivity index (χ0v) is 18.9. The molecule has 0 radical (unpaired) electrons. The minimum Gasteiger partial charge on any atom is -0.469 e. The molecule has 0 bridgehead atoms. The number of rotatable bonds is 6. The van der Waals surface area contributed by atoms with E-state index < -0.39 is 0 Å². The van der Waals surface area contributed by atoms with Crippen molar-refractivity contribution >= 4 is 44.9 Å². The molecule has 0 spiro atoms. The summed E-state index contributed by atoms with van der Waals surface area (Å²) < 4.78 is 12.0. The van der Waals surface area contributed by atoms with Crippen LogP contribution in [-0.2, 0) is 4.79 Å². The summed E-state index contributed by atoms with van der Waals surface area (Å²) in [6.07, 6.45) is 1.57. The molecule has 32 heavy (non-hydrogen) atoms. The highest BCUT2D eigenvalue weighted by Gasteiger charge is 2.14. The zero-order chi connectivity index (χ0) is 22.1. The smallest absolute Gasteiger partial charge is 0.277 e. The van der Waals surface area contributed by atoms with Crippen molar-refractivity contribution in [2.75, 3.05) is 11.1 Å². The van der Waals surface area contributed by atoms with Crippen LogP contribution in [0.4, 0.5) is 5.69 Å². The summed E-state index contributed by atoms with van der Waals surface area (Å²) in [7, 11) is 0. The molecule has 5 aromatic rings. The van der Waals surface area contributed by atoms with Gasteiger partial charge in [0.1, 0.15) is 10.8 Å². The molecule has 0 saturated heterocycles. The van der Waals surface area contributed by atoms with Crippen molar-refractivity contribution in [1.29, 1.82) is 0 Å². The number of amides is 1. The average Bonchev–Trinajstić information content (AvgIpc) is 3.51. The van der Waals surface area contributed by atoms with Crippen LogP contribution < -0.4 is 5.32 Å². The lowest BCUT2D eigenvalue weighted by Crippen LogP contribution is -2.13. The quantitative estimate of drug-likeness (QED) is 0.311. The lowest BCUT2D eigenvalue weighted by Gasteiger charge is -2.04. The standard InChI is InChI=1S/C23H18N4O3S2/c1-13-3-8-18-19(11-13)32-22(25-18)15-4-6-16(7-5-15)24-20(28)12-31-23-27-26-21(30-23)17-9-10-29-14(17)2/h3-11H,12H2,1-2H3,(H,24,28). The van der Waals surface area contributed by atoms with E-state index in [1.807, 2.05) is 37.3 Å². The molecule has 160 valence electrons. The molecular weight excluding hydrogens is 444 g/mol. The highest BCUT2D eigenvalue weighted by molar-refractivity contribution is 7.99. The summed E-state index contributed by atoms with van der Waals surface area (Å²) in [5.41, 5.74) is 4.70. The third-order valence-electron chi connectivity index (χ3n) is 4.78. The fourth-order valence-electron chi connectivity index (χ4n) is 3.16. The molecule has 0 aliphatic carbocycles. The molecule has 5 rings (SSSR count). The monoisotopic (exact) mass is 462 g/mol. The lowest BCUT2D eigenvalue weighted by atomic mass is 10.2. The van der Waals surface area contributed by atoms with E-state index in [0.717, 1.165) is 27.3 Å². The Bertz CT molecular complexity index is 1400. The molecule has 1 amide bonds. The van der Waals surface area contributed by atoms with Crippen molar-refractivity contribution in [3.05, 3.63) is 66.1 Å². The van der Waals surface area contributed by atoms with Crippen LogP contribution in [0.25, 0.3) is 32.2 Å². The van der Waals surface area contributed by atoms with Gasteiger partial charge in [-0.15, -0.1) is 21.5 Å². The van der Waals surface area contributed by atoms with Gasteiger partial charge in [-0.3, -0.25) is 4.79 Å². The van der Waals surface area contributed by atoms with Gasteiger partial charge in [0.15, 0.2) is 0 Å². The van der Waals surface area contributed by atoms with Gasteiger partial charge < -0.3 is 14.2 Å². The van der Waals surface area contributed by atoms with Gasteiger partial charge in [0.25, 0.3) is 11.1 Å². The van der Waals surface area contributed by atoms with E-state index >= 15 is 0 Å². The molecule has 0 saturated carbocycles. The van der Waals surface area contributed by atoms with Crippen LogP contribution in [0.2, 0.25) is 0 Å². The lowest BCUT2D eigenvalue weighted by molar-refractivity contribution is -0.113. The highest BCUT2D eigenvalue weighted by Crippen LogP contribution is 2.31. The molecule has 2 aromatic carbocycles. The van der Waals surface area contributed by atoms with Crippen LogP contribution >= 0.6 is 23.1 Å². The third-order valence-corrected chi connectivity index (χ3v) is 6.67. The Morgan fingerprint density at radius 2 is 1.94 bits per heavy atom. The largest absolute Gasteiger partial charge is 0.469 e. The van der Waals surface area contributed by atoms with Crippen molar-refractivity contribution in [2.45, 2.75) is 19.1 Å². The van der Waals surface area contributed by atoms with Crippen molar-refractivity contribution in [3.63, 3.8) is 0 Å². The van der Waals surface area contributed by atoms with Gasteiger partial charge in [0, 0.05) is 11.3 Å². The number of carbonyl (C=O) groups excluding carboxylic acids is 1. The zero-order valence-electron chi connectivity index (χ0n) is 17.3. The molecule has 9 heteroatoms. The van der Waals surface area contributed by atoms with Crippen LogP contribution in [0.3, 0.4) is 0 Å². The number of anilines is 1. The number of benzene rings is 2. The predicted octanol–water partition coefficient (Wildman–Crippen LogP) is 5.95. The first-order valence-electron chi connectivity index (χ1n) is 9.83. The first-order chi connectivity index (χ1) is 15.5. The number of furan rings is 1. The van der Waals surface area contributed by atoms with Crippen LogP contribution in [0.15, 0.2) is 68.9 Å². The van der Waals surface area contributed by atoms with Gasteiger partial charge in [-0.1, -0.05) is 17.8 Å². The Morgan fingerprint density at radius 1 is 1.09 bits per heavy atom. The van der Waals surface area contributed by atoms with Crippen molar-refractivity contribution in [2.24, 2.45) is 0 Å². The van der Waals surface area contributed by atoms with E-state index in [-0.39, 0.29) is 11.7 Å². The Morgan fingerprint density at radius 3 is 2.72 bits per heavy atom. The van der Waals surface area contributed by atoms with E-state index in [0.29, 0.717) is 16.9 Å². The second-order valence-electron chi connectivity index (χ2n) is 7.17. The van der Waals surface area contributed by atoms with Gasteiger partial charge >= 0.3 is 0 Å². The second-order valence-corrected chi connectivity index (χ2v) is 9.13. The van der Waals surface area contributed by atoms with Gasteiger partial charge in [-0.25, -0.2) is 4.98 Å². The summed E-state index contributed by atoms with van der Waals surface area (Å²) >= 11 is 2.84. The van der Waals surface area contributed by atoms with Gasteiger partial charge in [0.2, 0.25) is 5.91 Å². The van der Waals surface area contributed by atoms with E-state index in [1.165, 1.54) is 22.0 Å². The normalized spacial score (nSPS) is 11.2. The average molecular weight is 463 g/mol. The number of thiazole rings is 1. The first kappa shape index (κ1) is 20.5. The fourth-order valence-corrected chi connectivity index (χ4v) is 4.79. The topological polar surface area (TPSA) is 94.1 Å². The van der Waals surface area contributed by atoms with Crippen molar-refractivity contribution < 1.29 is 13.6 Å². The van der Waals surface area contributed by atoms with E-state index in [1.54, 1.807) is 23.7 Å². The van der Waals surface area contributed by atoms with E-state index in [2.05, 4.69) is 34.6 Å². The Kier molecular flexibility index (Phi) is 5.50. The van der Waals surface area contributed by atoms with Crippen LogP contribution in [0.1, 0.15) is 11.3 Å². The molecule has 7 nitrogen and oxygen atoms in total. The number of thioether (sulfide) groups is 1. The Balaban J connectivity index is 1.19. The maximum atomic E-state index is 12.3. The first-order valence-corrected chi connectivity index (χ1v) is 11.6. The molecule has 1 N–H and O–H groups in total. The summed E-state index contributed by atoms with van der Waals surface area (Å²) in [5.74, 6) is 1.08. The number of nitrogens with zero attached hydrogens (tertiary/aromatic N) is 3.